The number of hydrogen-bond donors (Lipinski definition) is 1. The Kier molecular flexibility index (Phi) is 8.78. The molecular formula is C28H27Cl2NO6S. The second kappa shape index (κ2) is 11.9. The van der Waals surface area contributed by atoms with Gasteiger partial charge in [-0.2, -0.15) is 0 Å². The molecule has 0 spiro atoms. The highest BCUT2D eigenvalue weighted by Crippen LogP contribution is 2.44. The molecule has 4 rings (SSSR count). The fraction of sp³-hybridized carbons (Fsp3) is 0.286. The molecule has 0 bridgehead atoms. The molecule has 10 heteroatoms. The Balaban J connectivity index is 1.75. The lowest BCUT2D eigenvalue weighted by atomic mass is 9.89. The summed E-state index contributed by atoms with van der Waals surface area (Å²) in [5.41, 5.74) is 1.37. The maximum Gasteiger partial charge on any atom is 0.306 e. The normalized spacial score (nSPS) is 20.8. The number of amides is 1. The molecule has 1 aliphatic heterocycles. The molecular weight excluding hydrogens is 549 g/mol. The Morgan fingerprint density at radius 3 is 2.29 bits per heavy atom. The number of aliphatic carboxylic acids is 1. The van der Waals surface area contributed by atoms with Gasteiger partial charge in [-0.15, -0.1) is 0 Å². The Bertz CT molecular complexity index is 1400. The number of sulfone groups is 1. The van der Waals surface area contributed by atoms with Crippen molar-refractivity contribution in [3.05, 3.63) is 100 Å². The summed E-state index contributed by atoms with van der Waals surface area (Å²) in [6, 6.07) is 20.8. The predicted octanol–water partition coefficient (Wildman–Crippen LogP) is 5.73. The molecule has 4 atom stereocenters. The van der Waals surface area contributed by atoms with E-state index >= 15 is 0 Å². The van der Waals surface area contributed by atoms with Gasteiger partial charge in [0.1, 0.15) is 12.2 Å². The Morgan fingerprint density at radius 1 is 0.974 bits per heavy atom. The van der Waals surface area contributed by atoms with Crippen molar-refractivity contribution in [2.75, 3.05) is 5.75 Å². The van der Waals surface area contributed by atoms with E-state index in [4.69, 9.17) is 27.9 Å². The molecule has 0 radical (unpaired) electrons. The number of carboxylic acid groups (broad SMARTS) is 1. The van der Waals surface area contributed by atoms with Crippen LogP contribution >= 0.6 is 23.2 Å². The van der Waals surface area contributed by atoms with Gasteiger partial charge in [-0.25, -0.2) is 8.42 Å². The van der Waals surface area contributed by atoms with Crippen LogP contribution in [0.5, 0.6) is 0 Å². The minimum Gasteiger partial charge on any atom is -0.481 e. The van der Waals surface area contributed by atoms with Crippen LogP contribution in [0.1, 0.15) is 43.0 Å². The summed E-state index contributed by atoms with van der Waals surface area (Å²) < 4.78 is 32.1. The third kappa shape index (κ3) is 6.38. The number of benzene rings is 3. The number of carboxylic acids is 1. The molecule has 1 heterocycles. The maximum absolute atomic E-state index is 13.7. The van der Waals surface area contributed by atoms with Crippen molar-refractivity contribution in [3.8, 4) is 0 Å². The molecule has 1 amide bonds. The smallest absolute Gasteiger partial charge is 0.306 e. The highest BCUT2D eigenvalue weighted by Gasteiger charge is 2.46. The second-order valence-electron chi connectivity index (χ2n) is 9.21. The molecule has 0 aliphatic carbocycles. The molecule has 3 aromatic rings. The first-order valence-corrected chi connectivity index (χ1v) is 14.5. The van der Waals surface area contributed by atoms with E-state index in [0.29, 0.717) is 21.2 Å². The molecule has 0 unspecified atom stereocenters. The summed E-state index contributed by atoms with van der Waals surface area (Å²) in [5.74, 6) is -1.89. The van der Waals surface area contributed by atoms with Crippen LogP contribution in [0.25, 0.3) is 0 Å². The minimum absolute atomic E-state index is 0.134. The Hall–Kier alpha value is -2.91. The summed E-state index contributed by atoms with van der Waals surface area (Å²) in [6.07, 6.45) is -2.41. The summed E-state index contributed by atoms with van der Waals surface area (Å²) in [4.78, 5) is 27.1. The van der Waals surface area contributed by atoms with Gasteiger partial charge in [-0.1, -0.05) is 65.7 Å². The van der Waals surface area contributed by atoms with Crippen LogP contribution in [0, 0.1) is 0 Å². The van der Waals surface area contributed by atoms with E-state index in [1.165, 1.54) is 12.1 Å². The molecule has 200 valence electrons. The van der Waals surface area contributed by atoms with E-state index in [1.807, 2.05) is 0 Å². The molecule has 38 heavy (non-hydrogen) atoms. The largest absolute Gasteiger partial charge is 0.481 e. The number of morpholine rings is 1. The van der Waals surface area contributed by atoms with Crippen LogP contribution in [0.2, 0.25) is 10.0 Å². The van der Waals surface area contributed by atoms with Crippen LogP contribution < -0.4 is 0 Å². The zero-order valence-corrected chi connectivity index (χ0v) is 22.9. The number of halogens is 2. The maximum atomic E-state index is 13.7. The lowest BCUT2D eigenvalue weighted by molar-refractivity contribution is -0.182. The number of carbonyl (C=O) groups excluding carboxylic acids is 1. The van der Waals surface area contributed by atoms with Gasteiger partial charge in [-0.3, -0.25) is 9.59 Å². The molecule has 7 nitrogen and oxygen atoms in total. The van der Waals surface area contributed by atoms with Gasteiger partial charge in [0, 0.05) is 16.1 Å². The first kappa shape index (κ1) is 28.1. The van der Waals surface area contributed by atoms with Crippen molar-refractivity contribution in [1.29, 1.82) is 0 Å². The summed E-state index contributed by atoms with van der Waals surface area (Å²) in [7, 11) is -3.60. The number of carbonyl (C=O) groups is 2. The fourth-order valence-corrected chi connectivity index (χ4v) is 6.48. The number of ether oxygens (including phenoxy) is 1. The van der Waals surface area contributed by atoms with Gasteiger partial charge < -0.3 is 14.7 Å². The third-order valence-electron chi connectivity index (χ3n) is 6.56. The summed E-state index contributed by atoms with van der Waals surface area (Å²) >= 11 is 12.4. The van der Waals surface area contributed by atoms with Gasteiger partial charge in [0.15, 0.2) is 9.84 Å². The fourth-order valence-electron chi connectivity index (χ4n) is 4.69. The molecule has 3 aromatic carbocycles. The van der Waals surface area contributed by atoms with Gasteiger partial charge in [0.25, 0.3) is 5.91 Å². The zero-order valence-electron chi connectivity index (χ0n) is 20.5. The predicted molar refractivity (Wildman–Crippen MR) is 145 cm³/mol. The monoisotopic (exact) mass is 575 g/mol. The first-order chi connectivity index (χ1) is 18.1. The van der Waals surface area contributed by atoms with Crippen LogP contribution in [-0.2, 0) is 24.2 Å². The second-order valence-corrected chi connectivity index (χ2v) is 12.2. The van der Waals surface area contributed by atoms with E-state index in [-0.39, 0.29) is 17.1 Å². The van der Waals surface area contributed by atoms with Crippen LogP contribution in [0.4, 0.5) is 0 Å². The summed E-state index contributed by atoms with van der Waals surface area (Å²) in [5, 5.41) is 10.5. The topological polar surface area (TPSA) is 101 Å². The molecule has 1 saturated heterocycles. The molecule has 0 aromatic heterocycles. The van der Waals surface area contributed by atoms with Gasteiger partial charge in [0.2, 0.25) is 0 Å². The first-order valence-electron chi connectivity index (χ1n) is 12.0. The number of hydrogen-bond acceptors (Lipinski definition) is 5. The average Bonchev–Trinajstić information content (AvgIpc) is 2.89. The Labute approximate surface area is 231 Å². The lowest BCUT2D eigenvalue weighted by Crippen LogP contribution is -2.54. The van der Waals surface area contributed by atoms with E-state index in [9.17, 15) is 23.1 Å². The quantitative estimate of drug-likeness (QED) is 0.349. The molecule has 1 aliphatic rings. The van der Waals surface area contributed by atoms with E-state index < -0.39 is 52.4 Å². The third-order valence-corrected chi connectivity index (χ3v) is 8.81. The average molecular weight is 576 g/mol. The highest BCUT2D eigenvalue weighted by atomic mass is 35.5. The molecule has 1 fully saturated rings. The van der Waals surface area contributed by atoms with Crippen molar-refractivity contribution in [3.63, 3.8) is 0 Å². The van der Waals surface area contributed by atoms with Crippen molar-refractivity contribution >= 4 is 44.9 Å². The number of nitrogens with zero attached hydrogens (tertiary/aromatic N) is 1. The summed E-state index contributed by atoms with van der Waals surface area (Å²) in [6.45, 7) is 1.76. The number of rotatable bonds is 9. The van der Waals surface area contributed by atoms with Crippen LogP contribution in [0.15, 0.2) is 83.8 Å². The SMILES string of the molecule is C[C@@H](CCS(=O)(=O)c1ccccc1)N1C(=O)[C@H](CC(=O)O)O[C@H](c2cccc(Cl)c2)[C@H]1c1ccc(Cl)cc1. The molecule has 1 N–H and O–H groups in total. The zero-order chi connectivity index (χ0) is 27.4. The minimum atomic E-state index is -3.60. The van der Waals surface area contributed by atoms with Crippen molar-refractivity contribution in [1.82, 2.24) is 4.90 Å². The van der Waals surface area contributed by atoms with Crippen molar-refractivity contribution in [2.24, 2.45) is 0 Å². The molecule has 0 saturated carbocycles. The van der Waals surface area contributed by atoms with Gasteiger partial charge in [0.05, 0.1) is 23.1 Å². The van der Waals surface area contributed by atoms with Crippen LogP contribution in [0.3, 0.4) is 0 Å². The lowest BCUT2D eigenvalue weighted by Gasteiger charge is -2.47. The van der Waals surface area contributed by atoms with Crippen LogP contribution in [-0.4, -0.2) is 48.2 Å². The van der Waals surface area contributed by atoms with Crippen molar-refractivity contribution < 1.29 is 27.9 Å². The standard InChI is InChI=1S/C28H27Cl2NO6S/c1-18(14-15-38(35,36)23-8-3-2-4-9-23)31-26(19-10-12-21(29)13-11-19)27(20-6-5-7-22(30)16-20)37-24(28(31)34)17-25(32)33/h2-13,16,18,24,26-27H,14-15,17H2,1H3,(H,32,33)/t18-,24-,26+,27+/m0/s1. The van der Waals surface area contributed by atoms with E-state index in [0.717, 1.165) is 0 Å². The van der Waals surface area contributed by atoms with Crippen molar-refractivity contribution in [2.45, 2.75) is 49.0 Å². The van der Waals surface area contributed by atoms with E-state index in [2.05, 4.69) is 0 Å². The van der Waals surface area contributed by atoms with Gasteiger partial charge >= 0.3 is 5.97 Å². The van der Waals surface area contributed by atoms with Gasteiger partial charge in [-0.05, 0) is 60.9 Å². The highest BCUT2D eigenvalue weighted by molar-refractivity contribution is 7.91. The Morgan fingerprint density at radius 2 is 1.66 bits per heavy atom. The van der Waals surface area contributed by atoms with E-state index in [1.54, 1.807) is 78.6 Å².